The average molecular weight is 269 g/mol. The molecule has 2 aliphatic rings. The molecule has 0 aromatic rings. The fourth-order valence-electron chi connectivity index (χ4n) is 2.58. The first-order valence-corrected chi connectivity index (χ1v) is 6.89. The maximum Gasteiger partial charge on any atom is 0.248 e. The van der Waals surface area contributed by atoms with E-state index in [1.54, 1.807) is 0 Å². The van der Waals surface area contributed by atoms with Gasteiger partial charge in [0.2, 0.25) is 11.8 Å². The van der Waals surface area contributed by atoms with E-state index in [0.29, 0.717) is 25.4 Å². The third-order valence-electron chi connectivity index (χ3n) is 4.00. The van der Waals surface area contributed by atoms with E-state index in [1.165, 1.54) is 0 Å². The Morgan fingerprint density at radius 1 is 1.37 bits per heavy atom. The molecule has 0 unspecified atom stereocenters. The van der Waals surface area contributed by atoms with Crippen molar-refractivity contribution in [1.29, 1.82) is 0 Å². The predicted molar refractivity (Wildman–Crippen MR) is 70.3 cm³/mol. The van der Waals surface area contributed by atoms with Crippen molar-refractivity contribution in [2.75, 3.05) is 32.8 Å². The third-order valence-corrected chi connectivity index (χ3v) is 4.00. The molecule has 2 saturated heterocycles. The molecule has 0 aromatic heterocycles. The fourth-order valence-corrected chi connectivity index (χ4v) is 2.58. The SMILES string of the molecule is CC1(OCC(=O)N2CCC(CC(N)=O)CC2)CNC1. The van der Waals surface area contributed by atoms with Gasteiger partial charge in [0.05, 0.1) is 5.60 Å². The van der Waals surface area contributed by atoms with E-state index in [4.69, 9.17) is 10.5 Å². The van der Waals surface area contributed by atoms with E-state index in [1.807, 2.05) is 11.8 Å². The molecule has 0 spiro atoms. The molecule has 6 heteroatoms. The van der Waals surface area contributed by atoms with E-state index in [2.05, 4.69) is 5.32 Å². The minimum Gasteiger partial charge on any atom is -0.370 e. The van der Waals surface area contributed by atoms with Gasteiger partial charge in [0.1, 0.15) is 6.61 Å². The van der Waals surface area contributed by atoms with Crippen LogP contribution >= 0.6 is 0 Å². The molecule has 0 bridgehead atoms. The first kappa shape index (κ1) is 14.3. The van der Waals surface area contributed by atoms with Gasteiger partial charge in [-0.2, -0.15) is 0 Å². The van der Waals surface area contributed by atoms with Crippen LogP contribution in [-0.4, -0.2) is 55.1 Å². The second kappa shape index (κ2) is 5.88. The fraction of sp³-hybridized carbons (Fsp3) is 0.846. The van der Waals surface area contributed by atoms with E-state index in [-0.39, 0.29) is 24.0 Å². The van der Waals surface area contributed by atoms with Crippen LogP contribution < -0.4 is 11.1 Å². The molecule has 0 aliphatic carbocycles. The van der Waals surface area contributed by atoms with Crippen molar-refractivity contribution < 1.29 is 14.3 Å². The lowest BCUT2D eigenvalue weighted by Crippen LogP contribution is -2.59. The Labute approximate surface area is 113 Å². The number of nitrogens with zero attached hydrogens (tertiary/aromatic N) is 1. The van der Waals surface area contributed by atoms with Crippen LogP contribution in [-0.2, 0) is 14.3 Å². The topological polar surface area (TPSA) is 84.7 Å². The average Bonchev–Trinajstić information content (AvgIpc) is 2.34. The third kappa shape index (κ3) is 3.91. The lowest BCUT2D eigenvalue weighted by atomic mass is 9.93. The van der Waals surface area contributed by atoms with Crippen molar-refractivity contribution in [3.05, 3.63) is 0 Å². The van der Waals surface area contributed by atoms with Gasteiger partial charge in [0, 0.05) is 32.6 Å². The highest BCUT2D eigenvalue weighted by molar-refractivity contribution is 5.77. The zero-order chi connectivity index (χ0) is 13.9. The number of carbonyl (C=O) groups is 2. The molecule has 6 nitrogen and oxygen atoms in total. The Bertz CT molecular complexity index is 347. The van der Waals surface area contributed by atoms with Crippen LogP contribution in [0.3, 0.4) is 0 Å². The van der Waals surface area contributed by atoms with E-state index < -0.39 is 0 Å². The molecule has 0 aromatic carbocycles. The van der Waals surface area contributed by atoms with Gasteiger partial charge in [-0.3, -0.25) is 9.59 Å². The maximum absolute atomic E-state index is 12.0. The summed E-state index contributed by atoms with van der Waals surface area (Å²) >= 11 is 0. The number of nitrogens with two attached hydrogens (primary N) is 1. The summed E-state index contributed by atoms with van der Waals surface area (Å²) in [5.74, 6) is 0.125. The number of carbonyl (C=O) groups excluding carboxylic acids is 2. The molecular formula is C13H23N3O3. The lowest BCUT2D eigenvalue weighted by molar-refractivity contribution is -0.147. The Hall–Kier alpha value is -1.14. The van der Waals surface area contributed by atoms with Crippen LogP contribution in [0, 0.1) is 5.92 Å². The van der Waals surface area contributed by atoms with Crippen molar-refractivity contribution in [1.82, 2.24) is 10.2 Å². The van der Waals surface area contributed by atoms with E-state index >= 15 is 0 Å². The number of primary amides is 1. The smallest absolute Gasteiger partial charge is 0.248 e. The molecule has 2 fully saturated rings. The molecule has 19 heavy (non-hydrogen) atoms. The van der Waals surface area contributed by atoms with Gasteiger partial charge >= 0.3 is 0 Å². The quantitative estimate of drug-likeness (QED) is 0.703. The van der Waals surface area contributed by atoms with Gasteiger partial charge in [-0.1, -0.05) is 0 Å². The second-order valence-corrected chi connectivity index (χ2v) is 5.84. The molecule has 0 radical (unpaired) electrons. The number of amides is 2. The van der Waals surface area contributed by atoms with Crippen molar-refractivity contribution in [2.45, 2.75) is 31.8 Å². The number of ether oxygens (including phenoxy) is 1. The van der Waals surface area contributed by atoms with Crippen LogP contribution in [0.4, 0.5) is 0 Å². The monoisotopic (exact) mass is 269 g/mol. The molecule has 2 amide bonds. The lowest BCUT2D eigenvalue weighted by Gasteiger charge is -2.39. The minimum atomic E-state index is -0.251. The zero-order valence-electron chi connectivity index (χ0n) is 11.5. The predicted octanol–water partition coefficient (Wildman–Crippen LogP) is -0.521. The molecule has 3 N–H and O–H groups in total. The zero-order valence-corrected chi connectivity index (χ0v) is 11.5. The molecule has 2 heterocycles. The summed E-state index contributed by atoms with van der Waals surface area (Å²) in [6, 6.07) is 0. The Kier molecular flexibility index (Phi) is 4.42. The number of likely N-dealkylation sites (tertiary alicyclic amines) is 1. The maximum atomic E-state index is 12.0. The molecule has 0 atom stereocenters. The number of hydrogen-bond donors (Lipinski definition) is 2. The summed E-state index contributed by atoms with van der Waals surface area (Å²) in [4.78, 5) is 24.7. The molecular weight excluding hydrogens is 246 g/mol. The Morgan fingerprint density at radius 2 is 2.00 bits per heavy atom. The summed E-state index contributed by atoms with van der Waals surface area (Å²) in [6.07, 6.45) is 2.14. The number of nitrogens with one attached hydrogen (secondary N) is 1. The van der Waals surface area contributed by atoms with Crippen molar-refractivity contribution in [2.24, 2.45) is 11.7 Å². The van der Waals surface area contributed by atoms with Gasteiger partial charge in [0.15, 0.2) is 0 Å². The number of hydrogen-bond acceptors (Lipinski definition) is 4. The van der Waals surface area contributed by atoms with Crippen LogP contribution in [0.2, 0.25) is 0 Å². The van der Waals surface area contributed by atoms with E-state index in [0.717, 1.165) is 25.9 Å². The van der Waals surface area contributed by atoms with Gasteiger partial charge in [-0.15, -0.1) is 0 Å². The summed E-state index contributed by atoms with van der Waals surface area (Å²) in [7, 11) is 0. The Morgan fingerprint density at radius 3 is 2.47 bits per heavy atom. The highest BCUT2D eigenvalue weighted by atomic mass is 16.5. The van der Waals surface area contributed by atoms with Gasteiger partial charge in [-0.25, -0.2) is 0 Å². The minimum absolute atomic E-state index is 0.0469. The van der Waals surface area contributed by atoms with Crippen LogP contribution in [0.5, 0.6) is 0 Å². The highest BCUT2D eigenvalue weighted by Gasteiger charge is 2.34. The van der Waals surface area contributed by atoms with Crippen molar-refractivity contribution in [3.63, 3.8) is 0 Å². The largest absolute Gasteiger partial charge is 0.370 e. The van der Waals surface area contributed by atoms with Gasteiger partial charge < -0.3 is 20.7 Å². The van der Waals surface area contributed by atoms with Crippen molar-refractivity contribution >= 4 is 11.8 Å². The molecule has 2 rings (SSSR count). The first-order valence-electron chi connectivity index (χ1n) is 6.89. The second-order valence-electron chi connectivity index (χ2n) is 5.84. The number of rotatable bonds is 5. The standard InChI is InChI=1S/C13H23N3O3/c1-13(8-15-9-13)19-7-12(18)16-4-2-10(3-5-16)6-11(14)17/h10,15H,2-9H2,1H3,(H2,14,17). The molecule has 2 aliphatic heterocycles. The van der Waals surface area contributed by atoms with E-state index in [9.17, 15) is 9.59 Å². The molecule has 108 valence electrons. The van der Waals surface area contributed by atoms with Crippen LogP contribution in [0.15, 0.2) is 0 Å². The van der Waals surface area contributed by atoms with Crippen LogP contribution in [0.1, 0.15) is 26.2 Å². The summed E-state index contributed by atoms with van der Waals surface area (Å²) < 4.78 is 5.64. The summed E-state index contributed by atoms with van der Waals surface area (Å²) in [5, 5.41) is 3.14. The van der Waals surface area contributed by atoms with Crippen molar-refractivity contribution in [3.8, 4) is 0 Å². The highest BCUT2D eigenvalue weighted by Crippen LogP contribution is 2.21. The summed E-state index contributed by atoms with van der Waals surface area (Å²) in [6.45, 7) is 5.18. The van der Waals surface area contributed by atoms with Gasteiger partial charge in [0.25, 0.3) is 0 Å². The normalized spacial score (nSPS) is 22.9. The van der Waals surface area contributed by atoms with Gasteiger partial charge in [-0.05, 0) is 25.7 Å². The molecule has 0 saturated carbocycles. The van der Waals surface area contributed by atoms with Crippen LogP contribution in [0.25, 0.3) is 0 Å². The summed E-state index contributed by atoms with van der Waals surface area (Å²) in [5.41, 5.74) is 5.01. The number of piperidine rings is 1. The first-order chi connectivity index (χ1) is 8.98. The Balaban J connectivity index is 1.68.